The highest BCUT2D eigenvalue weighted by Crippen LogP contribution is 2.30. The van der Waals surface area contributed by atoms with Gasteiger partial charge in [0.1, 0.15) is 0 Å². The van der Waals surface area contributed by atoms with Gasteiger partial charge in [0.2, 0.25) is 0 Å². The molecule has 0 aliphatic rings. The van der Waals surface area contributed by atoms with E-state index in [9.17, 15) is 8.78 Å². The van der Waals surface area contributed by atoms with Crippen LogP contribution in [0.5, 0.6) is 0 Å². The van der Waals surface area contributed by atoms with Gasteiger partial charge in [-0.25, -0.2) is 0 Å². The van der Waals surface area contributed by atoms with Gasteiger partial charge in [-0.05, 0) is 18.6 Å². The normalized spacial score (nSPS) is 13.6. The molecule has 1 atom stereocenters. The number of alkyl halides is 2. The average Bonchev–Trinajstić information content (AvgIpc) is 2.78. The lowest BCUT2D eigenvalue weighted by Gasteiger charge is -2.17. The number of hydrogen-bond acceptors (Lipinski definition) is 1. The van der Waals surface area contributed by atoms with Crippen LogP contribution in [-0.4, -0.2) is 4.57 Å². The first-order chi connectivity index (χ1) is 8.49. The van der Waals surface area contributed by atoms with Crippen LogP contribution in [0, 0.1) is 0 Å². The number of benzene rings is 1. The Kier molecular flexibility index (Phi) is 3.48. The highest BCUT2D eigenvalue weighted by Gasteiger charge is 2.31. The SMILES string of the molecule is CC(N)c1ccn(CC(F)(F)c2ccccc2)c1. The van der Waals surface area contributed by atoms with Gasteiger partial charge in [-0.3, -0.25) is 0 Å². The highest BCUT2D eigenvalue weighted by atomic mass is 19.3. The third kappa shape index (κ3) is 2.76. The summed E-state index contributed by atoms with van der Waals surface area (Å²) in [5, 5.41) is 0. The van der Waals surface area contributed by atoms with Gasteiger partial charge in [-0.2, -0.15) is 8.78 Å². The van der Waals surface area contributed by atoms with Gasteiger partial charge < -0.3 is 10.3 Å². The molecule has 0 radical (unpaired) electrons. The van der Waals surface area contributed by atoms with Crippen molar-refractivity contribution in [3.05, 3.63) is 59.9 Å². The van der Waals surface area contributed by atoms with Crippen LogP contribution in [-0.2, 0) is 12.5 Å². The number of hydrogen-bond donors (Lipinski definition) is 1. The van der Waals surface area contributed by atoms with Crippen molar-refractivity contribution in [3.8, 4) is 0 Å². The van der Waals surface area contributed by atoms with E-state index in [1.165, 1.54) is 16.7 Å². The molecule has 0 spiro atoms. The predicted molar refractivity (Wildman–Crippen MR) is 67.4 cm³/mol. The Morgan fingerprint density at radius 3 is 2.44 bits per heavy atom. The van der Waals surface area contributed by atoms with E-state index in [0.717, 1.165) is 5.56 Å². The summed E-state index contributed by atoms with van der Waals surface area (Å²) in [7, 11) is 0. The van der Waals surface area contributed by atoms with Crippen LogP contribution in [0.4, 0.5) is 8.78 Å². The van der Waals surface area contributed by atoms with E-state index in [1.54, 1.807) is 36.7 Å². The summed E-state index contributed by atoms with van der Waals surface area (Å²) in [6.45, 7) is 1.46. The van der Waals surface area contributed by atoms with E-state index in [-0.39, 0.29) is 18.2 Å². The van der Waals surface area contributed by atoms with Crippen molar-refractivity contribution in [2.24, 2.45) is 5.73 Å². The molecule has 1 heterocycles. The molecule has 2 aromatic rings. The van der Waals surface area contributed by atoms with Crippen molar-refractivity contribution in [1.29, 1.82) is 0 Å². The molecule has 0 saturated carbocycles. The largest absolute Gasteiger partial charge is 0.348 e. The second-order valence-electron chi connectivity index (χ2n) is 4.48. The number of nitrogens with two attached hydrogens (primary N) is 1. The summed E-state index contributed by atoms with van der Waals surface area (Å²) < 4.78 is 29.5. The van der Waals surface area contributed by atoms with E-state index in [0.29, 0.717) is 0 Å². The Morgan fingerprint density at radius 1 is 1.22 bits per heavy atom. The molecule has 4 heteroatoms. The number of halogens is 2. The molecule has 18 heavy (non-hydrogen) atoms. The number of rotatable bonds is 4. The third-order valence-corrected chi connectivity index (χ3v) is 2.88. The van der Waals surface area contributed by atoms with Crippen LogP contribution < -0.4 is 5.73 Å². The monoisotopic (exact) mass is 250 g/mol. The molecule has 96 valence electrons. The van der Waals surface area contributed by atoms with Crippen molar-refractivity contribution in [2.75, 3.05) is 0 Å². The Hall–Kier alpha value is -1.68. The lowest BCUT2D eigenvalue weighted by Crippen LogP contribution is -2.20. The van der Waals surface area contributed by atoms with Gasteiger partial charge in [-0.15, -0.1) is 0 Å². The fraction of sp³-hybridized carbons (Fsp3) is 0.286. The van der Waals surface area contributed by atoms with Crippen molar-refractivity contribution >= 4 is 0 Å². The molecule has 2 N–H and O–H groups in total. The smallest absolute Gasteiger partial charge is 0.290 e. The van der Waals surface area contributed by atoms with Crippen molar-refractivity contribution < 1.29 is 8.78 Å². The zero-order chi connectivity index (χ0) is 13.2. The molecule has 2 nitrogen and oxygen atoms in total. The van der Waals surface area contributed by atoms with Crippen LogP contribution in [0.1, 0.15) is 24.1 Å². The van der Waals surface area contributed by atoms with E-state index >= 15 is 0 Å². The standard InChI is InChI=1S/C14H16F2N2/c1-11(17)12-7-8-18(9-12)10-14(15,16)13-5-3-2-4-6-13/h2-9,11H,10,17H2,1H3. The molecule has 0 amide bonds. The lowest BCUT2D eigenvalue weighted by atomic mass is 10.1. The quantitative estimate of drug-likeness (QED) is 0.886. The van der Waals surface area contributed by atoms with E-state index < -0.39 is 5.92 Å². The molecule has 1 aromatic heterocycles. The topological polar surface area (TPSA) is 30.9 Å². The maximum atomic E-state index is 14.0. The van der Waals surface area contributed by atoms with E-state index in [4.69, 9.17) is 5.73 Å². The van der Waals surface area contributed by atoms with Gasteiger partial charge in [0, 0.05) is 24.0 Å². The first-order valence-corrected chi connectivity index (χ1v) is 5.83. The maximum Gasteiger partial charge on any atom is 0.290 e. The predicted octanol–water partition coefficient (Wildman–Crippen LogP) is 3.30. The average molecular weight is 250 g/mol. The summed E-state index contributed by atoms with van der Waals surface area (Å²) in [6, 6.07) is 9.47. The molecule has 0 aliphatic carbocycles. The summed E-state index contributed by atoms with van der Waals surface area (Å²) in [5.41, 5.74) is 6.59. The molecular weight excluding hydrogens is 234 g/mol. The van der Waals surface area contributed by atoms with Gasteiger partial charge in [-0.1, -0.05) is 30.3 Å². The molecule has 1 unspecified atom stereocenters. The molecule has 2 rings (SSSR count). The second-order valence-corrected chi connectivity index (χ2v) is 4.48. The van der Waals surface area contributed by atoms with Gasteiger partial charge in [0.05, 0.1) is 6.54 Å². The Bertz CT molecular complexity index is 504. The van der Waals surface area contributed by atoms with Crippen molar-refractivity contribution in [3.63, 3.8) is 0 Å². The molecule has 0 saturated heterocycles. The first kappa shape index (κ1) is 12.8. The van der Waals surface area contributed by atoms with Crippen molar-refractivity contribution in [1.82, 2.24) is 4.57 Å². The number of aromatic nitrogens is 1. The fourth-order valence-electron chi connectivity index (χ4n) is 1.83. The zero-order valence-electron chi connectivity index (χ0n) is 10.2. The number of nitrogens with zero attached hydrogens (tertiary/aromatic N) is 1. The minimum Gasteiger partial charge on any atom is -0.348 e. The van der Waals surface area contributed by atoms with E-state index in [2.05, 4.69) is 0 Å². The molecular formula is C14H16F2N2. The third-order valence-electron chi connectivity index (χ3n) is 2.88. The van der Waals surface area contributed by atoms with Crippen molar-refractivity contribution in [2.45, 2.75) is 25.4 Å². The first-order valence-electron chi connectivity index (χ1n) is 5.83. The summed E-state index contributed by atoms with van der Waals surface area (Å²) >= 11 is 0. The Labute approximate surface area is 105 Å². The van der Waals surface area contributed by atoms with Gasteiger partial charge in [0.15, 0.2) is 0 Å². The van der Waals surface area contributed by atoms with E-state index in [1.807, 2.05) is 6.92 Å². The van der Waals surface area contributed by atoms with Crippen LogP contribution in [0.3, 0.4) is 0 Å². The minimum absolute atomic E-state index is 0.0287. The van der Waals surface area contributed by atoms with Gasteiger partial charge in [0.25, 0.3) is 5.92 Å². The van der Waals surface area contributed by atoms with Crippen LogP contribution in [0.2, 0.25) is 0 Å². The summed E-state index contributed by atoms with van der Waals surface area (Å²) in [5.74, 6) is -2.88. The van der Waals surface area contributed by atoms with Gasteiger partial charge >= 0.3 is 0 Å². The molecule has 0 fully saturated rings. The Morgan fingerprint density at radius 2 is 1.89 bits per heavy atom. The molecule has 1 aromatic carbocycles. The fourth-order valence-corrected chi connectivity index (χ4v) is 1.83. The second kappa shape index (κ2) is 4.90. The molecule has 0 aliphatic heterocycles. The van der Waals surface area contributed by atoms with Crippen LogP contribution >= 0.6 is 0 Å². The highest BCUT2D eigenvalue weighted by molar-refractivity contribution is 5.21. The summed E-state index contributed by atoms with van der Waals surface area (Å²) in [4.78, 5) is 0. The summed E-state index contributed by atoms with van der Waals surface area (Å²) in [6.07, 6.45) is 3.30. The lowest BCUT2D eigenvalue weighted by molar-refractivity contribution is -0.0221. The Balaban J connectivity index is 2.17. The van der Waals surface area contributed by atoms with Crippen LogP contribution in [0.25, 0.3) is 0 Å². The molecule has 0 bridgehead atoms. The minimum atomic E-state index is -2.88. The van der Waals surface area contributed by atoms with Crippen LogP contribution in [0.15, 0.2) is 48.8 Å². The maximum absolute atomic E-state index is 14.0. The zero-order valence-corrected chi connectivity index (χ0v) is 10.2.